The van der Waals surface area contributed by atoms with Crippen molar-refractivity contribution in [3.63, 3.8) is 0 Å². The molecule has 0 amide bonds. The fourth-order valence-electron chi connectivity index (χ4n) is 3.96. The molecule has 0 fully saturated rings. The van der Waals surface area contributed by atoms with Crippen molar-refractivity contribution in [2.75, 3.05) is 5.32 Å². The maximum atomic E-state index is 12.8. The van der Waals surface area contributed by atoms with Crippen molar-refractivity contribution in [3.8, 4) is 11.1 Å². The summed E-state index contributed by atoms with van der Waals surface area (Å²) in [6.07, 6.45) is 1.54. The molecule has 0 spiro atoms. The Bertz CT molecular complexity index is 1760. The highest BCUT2D eigenvalue weighted by Gasteiger charge is 2.20. The summed E-state index contributed by atoms with van der Waals surface area (Å²) in [6.45, 7) is 0. The van der Waals surface area contributed by atoms with Crippen LogP contribution in [0.25, 0.3) is 39.3 Å². The van der Waals surface area contributed by atoms with Crippen molar-refractivity contribution >= 4 is 51.4 Å². The molecular formula is C27H16ClNO5. The molecule has 34 heavy (non-hydrogen) atoms. The molecule has 0 saturated heterocycles. The summed E-state index contributed by atoms with van der Waals surface area (Å²) in [5.41, 5.74) is 1.43. The molecule has 5 aromatic rings. The highest BCUT2D eigenvalue weighted by molar-refractivity contribution is 6.31. The van der Waals surface area contributed by atoms with Gasteiger partial charge < -0.3 is 14.8 Å². The molecule has 2 N–H and O–H groups in total. The molecule has 6 nitrogen and oxygen atoms in total. The second kappa shape index (κ2) is 8.50. The summed E-state index contributed by atoms with van der Waals surface area (Å²) in [6, 6.07) is 21.5. The number of carboxylic acid groups (broad SMARTS) is 1. The van der Waals surface area contributed by atoms with E-state index >= 15 is 0 Å². The second-order valence-corrected chi connectivity index (χ2v) is 8.02. The molecule has 0 saturated carbocycles. The summed E-state index contributed by atoms with van der Waals surface area (Å²) in [5, 5.41) is 14.1. The minimum absolute atomic E-state index is 0.0194. The molecule has 0 aliphatic heterocycles. The van der Waals surface area contributed by atoms with E-state index in [1.165, 1.54) is 30.5 Å². The smallest absolute Gasteiger partial charge is 0.336 e. The summed E-state index contributed by atoms with van der Waals surface area (Å²) in [5.74, 6) is -1.11. The van der Waals surface area contributed by atoms with E-state index in [0.29, 0.717) is 21.9 Å². The van der Waals surface area contributed by atoms with E-state index in [9.17, 15) is 19.5 Å². The number of para-hydroxylation sites is 1. The summed E-state index contributed by atoms with van der Waals surface area (Å²) in [4.78, 5) is 37.1. The van der Waals surface area contributed by atoms with E-state index in [4.69, 9.17) is 16.0 Å². The molecule has 1 heterocycles. The van der Waals surface area contributed by atoms with Crippen LogP contribution in [-0.2, 0) is 0 Å². The Hall–Kier alpha value is -4.42. The standard InChI is InChI=1S/C27H16ClNO5/c28-21-12-19-24(13-23(21)31)34-26-18(25(19)16-8-4-5-9-17(16)27(32)33)10-11-22(30)20(26)14-29-15-6-2-1-3-7-15/h1-14,29H,(H,32,33). The summed E-state index contributed by atoms with van der Waals surface area (Å²) < 4.78 is 6.07. The molecular weight excluding hydrogens is 454 g/mol. The molecule has 5 rings (SSSR count). The third-order valence-electron chi connectivity index (χ3n) is 5.52. The van der Waals surface area contributed by atoms with E-state index in [1.807, 2.05) is 30.3 Å². The lowest BCUT2D eigenvalue weighted by atomic mass is 9.93. The van der Waals surface area contributed by atoms with Crippen molar-refractivity contribution in [2.24, 2.45) is 0 Å². The van der Waals surface area contributed by atoms with Crippen LogP contribution in [-0.4, -0.2) is 11.1 Å². The lowest BCUT2D eigenvalue weighted by Gasteiger charge is -2.13. The topological polar surface area (TPSA) is 96.6 Å². The van der Waals surface area contributed by atoms with Gasteiger partial charge in [0.05, 0.1) is 15.8 Å². The largest absolute Gasteiger partial charge is 0.478 e. The van der Waals surface area contributed by atoms with Crippen LogP contribution in [0.3, 0.4) is 0 Å². The molecule has 1 aromatic heterocycles. The number of aromatic carboxylic acids is 1. The SMILES string of the molecule is O=C(O)c1ccccc1-c1c2cc(Cl)c(=O)cc2oc2c(=CNc3ccccc3)c(=O)ccc12. The number of benzene rings is 4. The van der Waals surface area contributed by atoms with Gasteiger partial charge >= 0.3 is 5.97 Å². The second-order valence-electron chi connectivity index (χ2n) is 7.62. The first kappa shape index (κ1) is 21.4. The lowest BCUT2D eigenvalue weighted by Crippen LogP contribution is -2.25. The number of fused-ring (bicyclic) bond motifs is 2. The van der Waals surface area contributed by atoms with Crippen LogP contribution in [0.4, 0.5) is 5.69 Å². The zero-order chi connectivity index (χ0) is 23.8. The van der Waals surface area contributed by atoms with Crippen LogP contribution in [0, 0.1) is 0 Å². The van der Waals surface area contributed by atoms with Gasteiger partial charge in [-0.2, -0.15) is 0 Å². The molecule has 0 atom stereocenters. The van der Waals surface area contributed by atoms with Gasteiger partial charge in [-0.25, -0.2) is 4.79 Å². The van der Waals surface area contributed by atoms with E-state index in [1.54, 1.807) is 24.3 Å². The van der Waals surface area contributed by atoms with Crippen LogP contribution in [0.2, 0.25) is 5.02 Å². The Morgan fingerprint density at radius 2 is 1.62 bits per heavy atom. The Morgan fingerprint density at radius 3 is 2.38 bits per heavy atom. The van der Waals surface area contributed by atoms with Gasteiger partial charge in [0.25, 0.3) is 0 Å². The number of halogens is 1. The van der Waals surface area contributed by atoms with Gasteiger partial charge in [0.2, 0.25) is 5.43 Å². The molecule has 166 valence electrons. The summed E-state index contributed by atoms with van der Waals surface area (Å²) >= 11 is 6.14. The maximum absolute atomic E-state index is 12.8. The fourth-order valence-corrected chi connectivity index (χ4v) is 4.13. The third kappa shape index (κ3) is 3.70. The van der Waals surface area contributed by atoms with Gasteiger partial charge in [-0.05, 0) is 42.0 Å². The van der Waals surface area contributed by atoms with Crippen molar-refractivity contribution < 1.29 is 14.3 Å². The number of carboxylic acids is 1. The van der Waals surface area contributed by atoms with Crippen molar-refractivity contribution in [2.45, 2.75) is 0 Å². The number of hydrogen-bond donors (Lipinski definition) is 2. The number of nitrogens with one attached hydrogen (secondary N) is 1. The first-order valence-electron chi connectivity index (χ1n) is 10.3. The Kier molecular flexibility index (Phi) is 5.36. The highest BCUT2D eigenvalue weighted by Crippen LogP contribution is 2.37. The van der Waals surface area contributed by atoms with Crippen LogP contribution < -0.4 is 21.4 Å². The van der Waals surface area contributed by atoms with E-state index in [0.717, 1.165) is 5.69 Å². The van der Waals surface area contributed by atoms with E-state index in [-0.39, 0.29) is 32.4 Å². The fraction of sp³-hybridized carbons (Fsp3) is 0. The molecule has 0 unspecified atom stereocenters. The molecule has 0 radical (unpaired) electrons. The van der Waals surface area contributed by atoms with E-state index in [2.05, 4.69) is 5.32 Å². The monoisotopic (exact) mass is 469 g/mol. The number of rotatable bonds is 4. The maximum Gasteiger partial charge on any atom is 0.336 e. The van der Waals surface area contributed by atoms with Gasteiger partial charge in [0.15, 0.2) is 5.43 Å². The zero-order valence-electron chi connectivity index (χ0n) is 17.5. The highest BCUT2D eigenvalue weighted by atomic mass is 35.5. The average Bonchev–Trinajstić information content (AvgIpc) is 2.84. The van der Waals surface area contributed by atoms with E-state index < -0.39 is 11.4 Å². The molecule has 0 bridgehead atoms. The van der Waals surface area contributed by atoms with Crippen molar-refractivity contribution in [1.82, 2.24) is 0 Å². The van der Waals surface area contributed by atoms with Crippen molar-refractivity contribution in [3.05, 3.63) is 115 Å². The van der Waals surface area contributed by atoms with Crippen LogP contribution >= 0.6 is 11.6 Å². The normalized spacial score (nSPS) is 11.7. The number of anilines is 1. The first-order valence-corrected chi connectivity index (χ1v) is 10.7. The van der Waals surface area contributed by atoms with Crippen LogP contribution in [0.5, 0.6) is 0 Å². The Balaban J connectivity index is 1.94. The van der Waals surface area contributed by atoms with Gasteiger partial charge in [-0.3, -0.25) is 9.59 Å². The van der Waals surface area contributed by atoms with Crippen LogP contribution in [0.1, 0.15) is 10.4 Å². The van der Waals surface area contributed by atoms with Crippen molar-refractivity contribution in [1.29, 1.82) is 0 Å². The number of hydrogen-bond acceptors (Lipinski definition) is 5. The predicted octanol–water partition coefficient (Wildman–Crippen LogP) is 4.89. The van der Waals surface area contributed by atoms with Crippen LogP contribution in [0.15, 0.2) is 92.9 Å². The zero-order valence-corrected chi connectivity index (χ0v) is 18.3. The van der Waals surface area contributed by atoms with Gasteiger partial charge in [-0.15, -0.1) is 0 Å². The van der Waals surface area contributed by atoms with Gasteiger partial charge in [0, 0.05) is 34.3 Å². The van der Waals surface area contributed by atoms with Gasteiger partial charge in [-0.1, -0.05) is 48.0 Å². The Morgan fingerprint density at radius 1 is 0.882 bits per heavy atom. The molecule has 0 aliphatic carbocycles. The molecule has 4 aromatic carbocycles. The predicted molar refractivity (Wildman–Crippen MR) is 133 cm³/mol. The summed E-state index contributed by atoms with van der Waals surface area (Å²) in [7, 11) is 0. The third-order valence-corrected chi connectivity index (χ3v) is 5.82. The molecule has 0 aliphatic rings. The van der Waals surface area contributed by atoms with Gasteiger partial charge in [0.1, 0.15) is 11.2 Å². The minimum atomic E-state index is -1.11. The Labute approximate surface area is 197 Å². The average molecular weight is 470 g/mol. The number of carbonyl (C=O) groups is 1. The molecule has 7 heteroatoms. The first-order chi connectivity index (χ1) is 16.4. The lowest BCUT2D eigenvalue weighted by molar-refractivity contribution is 0.0697. The minimum Gasteiger partial charge on any atom is -0.478 e. The quantitative estimate of drug-likeness (QED) is 0.364.